The van der Waals surface area contributed by atoms with Crippen LogP contribution in [0.25, 0.3) is 16.6 Å². The fourth-order valence-corrected chi connectivity index (χ4v) is 4.26. The molecule has 6 heteroatoms. The summed E-state index contributed by atoms with van der Waals surface area (Å²) in [5.74, 6) is -0.0535. The summed E-state index contributed by atoms with van der Waals surface area (Å²) in [5.41, 5.74) is 3.45. The van der Waals surface area contributed by atoms with Gasteiger partial charge in [-0.3, -0.25) is 0 Å². The lowest BCUT2D eigenvalue weighted by Gasteiger charge is -2.31. The average molecular weight is 414 g/mol. The summed E-state index contributed by atoms with van der Waals surface area (Å²) in [5, 5.41) is 8.82. The first-order chi connectivity index (χ1) is 15.2. The van der Waals surface area contributed by atoms with Crippen LogP contribution in [0, 0.1) is 5.82 Å². The molecule has 0 radical (unpaired) electrons. The number of hydrogen-bond acceptors (Lipinski definition) is 2. The number of nitrogens with zero attached hydrogens (tertiary/aromatic N) is 3. The molecule has 1 fully saturated rings. The van der Waals surface area contributed by atoms with E-state index in [0.29, 0.717) is 13.1 Å². The van der Waals surface area contributed by atoms with Gasteiger partial charge in [0.15, 0.2) is 0 Å². The molecule has 0 aliphatic carbocycles. The third kappa shape index (κ3) is 3.89. The fraction of sp³-hybridized carbons (Fsp3) is 0.200. The SMILES string of the molecule is O=C(Nc1ccccc1)N1CCC(c2nn(-c3ccccc3)c3cc(F)ccc23)CC1. The van der Waals surface area contributed by atoms with Crippen molar-refractivity contribution in [2.45, 2.75) is 18.8 Å². The first-order valence-corrected chi connectivity index (χ1v) is 10.5. The number of urea groups is 1. The number of benzene rings is 3. The van der Waals surface area contributed by atoms with Crippen molar-refractivity contribution in [3.8, 4) is 5.69 Å². The second-order valence-corrected chi connectivity index (χ2v) is 7.85. The standard InChI is InChI=1S/C25H23FN4O/c26-19-11-12-22-23(17-19)30(21-9-5-2-6-10-21)28-24(22)18-13-15-29(16-14-18)25(31)27-20-7-3-1-4-8-20/h1-12,17-18H,13-16H2,(H,27,31). The summed E-state index contributed by atoms with van der Waals surface area (Å²) in [7, 11) is 0. The van der Waals surface area contributed by atoms with Gasteiger partial charge in [0.2, 0.25) is 0 Å². The molecule has 5 rings (SSSR count). The highest BCUT2D eigenvalue weighted by atomic mass is 19.1. The lowest BCUT2D eigenvalue weighted by atomic mass is 9.92. The van der Waals surface area contributed by atoms with Crippen molar-refractivity contribution in [2.24, 2.45) is 0 Å². The maximum atomic E-state index is 14.0. The van der Waals surface area contributed by atoms with Crippen molar-refractivity contribution < 1.29 is 9.18 Å². The third-order valence-corrected chi connectivity index (χ3v) is 5.87. The van der Waals surface area contributed by atoms with Crippen molar-refractivity contribution in [2.75, 3.05) is 18.4 Å². The van der Waals surface area contributed by atoms with Gasteiger partial charge in [-0.2, -0.15) is 5.10 Å². The topological polar surface area (TPSA) is 50.2 Å². The van der Waals surface area contributed by atoms with E-state index >= 15 is 0 Å². The zero-order valence-electron chi connectivity index (χ0n) is 17.0. The zero-order valence-corrected chi connectivity index (χ0v) is 17.0. The second-order valence-electron chi connectivity index (χ2n) is 7.85. The van der Waals surface area contributed by atoms with Gasteiger partial charge < -0.3 is 10.2 Å². The summed E-state index contributed by atoms with van der Waals surface area (Å²) in [4.78, 5) is 14.4. The Morgan fingerprint density at radius 1 is 0.935 bits per heavy atom. The van der Waals surface area contributed by atoms with Crippen LogP contribution in [0.15, 0.2) is 78.9 Å². The first-order valence-electron chi connectivity index (χ1n) is 10.5. The van der Waals surface area contributed by atoms with Crippen LogP contribution in [0.3, 0.4) is 0 Å². The number of halogens is 1. The average Bonchev–Trinajstić information content (AvgIpc) is 3.19. The molecule has 3 aromatic carbocycles. The summed E-state index contributed by atoms with van der Waals surface area (Å²) in [6.07, 6.45) is 1.64. The lowest BCUT2D eigenvalue weighted by molar-refractivity contribution is 0.194. The van der Waals surface area contributed by atoms with Crippen molar-refractivity contribution >= 4 is 22.6 Å². The smallest absolute Gasteiger partial charge is 0.321 e. The minimum atomic E-state index is -0.275. The maximum Gasteiger partial charge on any atom is 0.321 e. The first kappa shape index (κ1) is 19.3. The minimum absolute atomic E-state index is 0.0774. The van der Waals surface area contributed by atoms with E-state index in [-0.39, 0.29) is 17.8 Å². The Hall–Kier alpha value is -3.67. The molecular formula is C25H23FN4O. The highest BCUT2D eigenvalue weighted by molar-refractivity contribution is 5.89. The van der Waals surface area contributed by atoms with Crippen LogP contribution in [0.2, 0.25) is 0 Å². The maximum absolute atomic E-state index is 14.0. The van der Waals surface area contributed by atoms with Crippen molar-refractivity contribution in [3.05, 3.63) is 90.4 Å². The van der Waals surface area contributed by atoms with Gasteiger partial charge in [-0.1, -0.05) is 36.4 Å². The number of anilines is 1. The minimum Gasteiger partial charge on any atom is -0.324 e. The Labute approximate surface area is 180 Å². The van der Waals surface area contributed by atoms with Crippen LogP contribution >= 0.6 is 0 Å². The fourth-order valence-electron chi connectivity index (χ4n) is 4.26. The molecule has 31 heavy (non-hydrogen) atoms. The predicted molar refractivity (Wildman–Crippen MR) is 120 cm³/mol. The molecule has 5 nitrogen and oxygen atoms in total. The van der Waals surface area contributed by atoms with Gasteiger partial charge in [0, 0.05) is 36.1 Å². The van der Waals surface area contributed by atoms with Gasteiger partial charge >= 0.3 is 6.03 Å². The van der Waals surface area contributed by atoms with E-state index in [9.17, 15) is 9.18 Å². The van der Waals surface area contributed by atoms with Crippen LogP contribution in [0.5, 0.6) is 0 Å². The Morgan fingerprint density at radius 3 is 2.32 bits per heavy atom. The molecule has 0 unspecified atom stereocenters. The van der Waals surface area contributed by atoms with E-state index in [1.807, 2.05) is 76.3 Å². The second kappa shape index (κ2) is 8.22. The molecule has 1 saturated heterocycles. The molecule has 0 atom stereocenters. The van der Waals surface area contributed by atoms with E-state index in [2.05, 4.69) is 5.32 Å². The van der Waals surface area contributed by atoms with Gasteiger partial charge in [0.1, 0.15) is 5.82 Å². The number of carbonyl (C=O) groups excluding carboxylic acids is 1. The van der Waals surface area contributed by atoms with E-state index < -0.39 is 0 Å². The Balaban J connectivity index is 1.37. The summed E-state index contributed by atoms with van der Waals surface area (Å²) < 4.78 is 15.8. The van der Waals surface area contributed by atoms with Gasteiger partial charge in [0.05, 0.1) is 16.9 Å². The predicted octanol–water partition coefficient (Wildman–Crippen LogP) is 5.58. The number of hydrogen-bond donors (Lipinski definition) is 1. The number of piperidine rings is 1. The van der Waals surface area contributed by atoms with Crippen molar-refractivity contribution in [3.63, 3.8) is 0 Å². The summed E-state index contributed by atoms with van der Waals surface area (Å²) in [6.45, 7) is 1.31. The number of nitrogens with one attached hydrogen (secondary N) is 1. The monoisotopic (exact) mass is 414 g/mol. The number of carbonyl (C=O) groups is 1. The number of para-hydroxylation sites is 2. The van der Waals surface area contributed by atoms with Crippen LogP contribution in [0.4, 0.5) is 14.9 Å². The molecule has 1 aromatic heterocycles. The van der Waals surface area contributed by atoms with Crippen LogP contribution < -0.4 is 5.32 Å². The molecule has 0 saturated carbocycles. The number of fused-ring (bicyclic) bond motifs is 1. The molecule has 156 valence electrons. The normalized spacial score (nSPS) is 14.7. The molecule has 2 heterocycles. The molecule has 1 N–H and O–H groups in total. The highest BCUT2D eigenvalue weighted by Crippen LogP contribution is 2.34. The molecule has 0 spiro atoms. The summed E-state index contributed by atoms with van der Waals surface area (Å²) >= 11 is 0. The van der Waals surface area contributed by atoms with Crippen LogP contribution in [-0.2, 0) is 0 Å². The molecular weight excluding hydrogens is 391 g/mol. The van der Waals surface area contributed by atoms with E-state index in [0.717, 1.165) is 40.8 Å². The largest absolute Gasteiger partial charge is 0.324 e. The number of rotatable bonds is 3. The quantitative estimate of drug-likeness (QED) is 0.476. The van der Waals surface area contributed by atoms with Crippen LogP contribution in [-0.4, -0.2) is 33.8 Å². The lowest BCUT2D eigenvalue weighted by Crippen LogP contribution is -2.40. The Bertz CT molecular complexity index is 1200. The molecule has 1 aliphatic rings. The third-order valence-electron chi connectivity index (χ3n) is 5.87. The highest BCUT2D eigenvalue weighted by Gasteiger charge is 2.27. The van der Waals surface area contributed by atoms with E-state index in [1.54, 1.807) is 6.07 Å². The number of amides is 2. The Kier molecular flexibility index (Phi) is 5.12. The molecule has 0 bridgehead atoms. The molecule has 2 amide bonds. The summed E-state index contributed by atoms with van der Waals surface area (Å²) in [6, 6.07) is 24.1. The van der Waals surface area contributed by atoms with Gasteiger partial charge in [-0.05, 0) is 49.2 Å². The van der Waals surface area contributed by atoms with E-state index in [4.69, 9.17) is 5.10 Å². The van der Waals surface area contributed by atoms with Crippen molar-refractivity contribution in [1.29, 1.82) is 0 Å². The van der Waals surface area contributed by atoms with Crippen molar-refractivity contribution in [1.82, 2.24) is 14.7 Å². The molecule has 1 aliphatic heterocycles. The van der Waals surface area contributed by atoms with Crippen LogP contribution in [0.1, 0.15) is 24.5 Å². The molecule has 4 aromatic rings. The van der Waals surface area contributed by atoms with Gasteiger partial charge in [0.25, 0.3) is 0 Å². The van der Waals surface area contributed by atoms with Gasteiger partial charge in [-0.15, -0.1) is 0 Å². The van der Waals surface area contributed by atoms with E-state index in [1.165, 1.54) is 6.07 Å². The zero-order chi connectivity index (χ0) is 21.2. The Morgan fingerprint density at radius 2 is 1.61 bits per heavy atom. The number of likely N-dealkylation sites (tertiary alicyclic amines) is 1. The van der Waals surface area contributed by atoms with Gasteiger partial charge in [-0.25, -0.2) is 13.9 Å². The number of aromatic nitrogens is 2.